The zero-order valence-electron chi connectivity index (χ0n) is 9.74. The minimum Gasteiger partial charge on any atom is -0.244 e. The van der Waals surface area contributed by atoms with E-state index in [1.165, 1.54) is 6.07 Å². The maximum absolute atomic E-state index is 13.6. The van der Waals surface area contributed by atoms with Gasteiger partial charge in [-0.3, -0.25) is 0 Å². The standard InChI is InChI=1S/C13H5Cl3FN3/c14-10-11(15)19-13(20-12(10)16)9-5-4-6-7(17)2-1-3-8(6)18-9/h1-5H. The maximum atomic E-state index is 13.6. The van der Waals surface area contributed by atoms with Crippen LogP contribution in [0.1, 0.15) is 0 Å². The van der Waals surface area contributed by atoms with Gasteiger partial charge in [-0.1, -0.05) is 40.9 Å². The number of halogens is 4. The van der Waals surface area contributed by atoms with Crippen molar-refractivity contribution in [2.24, 2.45) is 0 Å². The zero-order chi connectivity index (χ0) is 14.3. The monoisotopic (exact) mass is 327 g/mol. The van der Waals surface area contributed by atoms with Gasteiger partial charge >= 0.3 is 0 Å². The first-order valence-corrected chi connectivity index (χ1v) is 6.64. The molecule has 100 valence electrons. The summed E-state index contributed by atoms with van der Waals surface area (Å²) in [5, 5.41) is 0.594. The summed E-state index contributed by atoms with van der Waals surface area (Å²) in [6.45, 7) is 0. The van der Waals surface area contributed by atoms with Crippen molar-refractivity contribution in [3.8, 4) is 11.5 Å². The summed E-state index contributed by atoms with van der Waals surface area (Å²) in [5.41, 5.74) is 0.928. The van der Waals surface area contributed by atoms with Crippen LogP contribution < -0.4 is 0 Å². The molecule has 7 heteroatoms. The van der Waals surface area contributed by atoms with Gasteiger partial charge in [0, 0.05) is 5.39 Å². The fourth-order valence-corrected chi connectivity index (χ4v) is 2.22. The molecule has 20 heavy (non-hydrogen) atoms. The van der Waals surface area contributed by atoms with E-state index < -0.39 is 0 Å². The molecular weight excluding hydrogens is 324 g/mol. The highest BCUT2D eigenvalue weighted by molar-refractivity contribution is 6.46. The number of hydrogen-bond acceptors (Lipinski definition) is 3. The Kier molecular flexibility index (Phi) is 3.46. The van der Waals surface area contributed by atoms with Crippen LogP contribution in [-0.2, 0) is 0 Å². The second-order valence-corrected chi connectivity index (χ2v) is 5.04. The highest BCUT2D eigenvalue weighted by Crippen LogP contribution is 2.29. The summed E-state index contributed by atoms with van der Waals surface area (Å²) in [6.07, 6.45) is 0. The van der Waals surface area contributed by atoms with Gasteiger partial charge in [0.25, 0.3) is 0 Å². The molecule has 3 aromatic rings. The SMILES string of the molecule is Fc1cccc2nc(-c3nc(Cl)c(Cl)c(Cl)n3)ccc12. The Hall–Kier alpha value is -1.49. The van der Waals surface area contributed by atoms with E-state index in [-0.39, 0.29) is 27.0 Å². The molecule has 1 aromatic carbocycles. The molecule has 0 saturated carbocycles. The van der Waals surface area contributed by atoms with E-state index in [9.17, 15) is 4.39 Å². The summed E-state index contributed by atoms with van der Waals surface area (Å²) >= 11 is 17.5. The second-order valence-electron chi connectivity index (χ2n) is 3.95. The van der Waals surface area contributed by atoms with Crippen molar-refractivity contribution >= 4 is 45.7 Å². The Labute approximate surface area is 128 Å². The maximum Gasteiger partial charge on any atom is 0.181 e. The number of benzene rings is 1. The van der Waals surface area contributed by atoms with E-state index >= 15 is 0 Å². The van der Waals surface area contributed by atoms with Crippen LogP contribution in [0.5, 0.6) is 0 Å². The fourth-order valence-electron chi connectivity index (χ4n) is 1.75. The molecule has 3 rings (SSSR count). The van der Waals surface area contributed by atoms with Gasteiger partial charge in [0.1, 0.15) is 16.5 Å². The van der Waals surface area contributed by atoms with Crippen molar-refractivity contribution in [3.63, 3.8) is 0 Å². The number of pyridine rings is 1. The van der Waals surface area contributed by atoms with E-state index in [0.29, 0.717) is 16.6 Å². The lowest BCUT2D eigenvalue weighted by Gasteiger charge is -2.05. The minimum atomic E-state index is -0.338. The topological polar surface area (TPSA) is 38.7 Å². The first-order chi connectivity index (χ1) is 9.56. The number of nitrogens with zero attached hydrogens (tertiary/aromatic N) is 3. The fraction of sp³-hybridized carbons (Fsp3) is 0. The first-order valence-electron chi connectivity index (χ1n) is 5.50. The number of hydrogen-bond donors (Lipinski definition) is 0. The smallest absolute Gasteiger partial charge is 0.181 e. The Morgan fingerprint density at radius 1 is 0.850 bits per heavy atom. The second kappa shape index (κ2) is 5.13. The molecule has 0 aliphatic heterocycles. The largest absolute Gasteiger partial charge is 0.244 e. The highest BCUT2D eigenvalue weighted by atomic mass is 35.5. The lowest BCUT2D eigenvalue weighted by molar-refractivity contribution is 0.639. The van der Waals surface area contributed by atoms with Gasteiger partial charge in [-0.2, -0.15) is 0 Å². The van der Waals surface area contributed by atoms with Crippen LogP contribution in [0.15, 0.2) is 30.3 Å². The summed E-state index contributed by atoms with van der Waals surface area (Å²) < 4.78 is 13.6. The predicted octanol–water partition coefficient (Wildman–Crippen LogP) is 4.79. The van der Waals surface area contributed by atoms with Crippen LogP contribution in [0, 0.1) is 5.82 Å². The third-order valence-corrected chi connectivity index (χ3v) is 3.78. The molecule has 3 nitrogen and oxygen atoms in total. The zero-order valence-corrected chi connectivity index (χ0v) is 12.0. The van der Waals surface area contributed by atoms with Crippen molar-refractivity contribution < 1.29 is 4.39 Å². The molecule has 0 aliphatic rings. The number of fused-ring (bicyclic) bond motifs is 1. The van der Waals surface area contributed by atoms with Gasteiger partial charge in [0.15, 0.2) is 16.1 Å². The summed E-state index contributed by atoms with van der Waals surface area (Å²) in [4.78, 5) is 12.3. The lowest BCUT2D eigenvalue weighted by atomic mass is 10.2. The molecular formula is C13H5Cl3FN3. The Morgan fingerprint density at radius 3 is 2.25 bits per heavy atom. The van der Waals surface area contributed by atoms with Crippen LogP contribution in [0.4, 0.5) is 4.39 Å². The lowest BCUT2D eigenvalue weighted by Crippen LogP contribution is -1.95. The Bertz CT molecular complexity index is 800. The van der Waals surface area contributed by atoms with E-state index in [2.05, 4.69) is 15.0 Å². The molecule has 0 amide bonds. The number of aromatic nitrogens is 3. The molecule has 0 N–H and O–H groups in total. The van der Waals surface area contributed by atoms with Gasteiger partial charge in [0.2, 0.25) is 0 Å². The molecule has 0 bridgehead atoms. The molecule has 0 fully saturated rings. The minimum absolute atomic E-state index is 0.0443. The number of rotatable bonds is 1. The van der Waals surface area contributed by atoms with Crippen LogP contribution >= 0.6 is 34.8 Å². The van der Waals surface area contributed by atoms with Crippen LogP contribution in [-0.4, -0.2) is 15.0 Å². The molecule has 2 aromatic heterocycles. The van der Waals surface area contributed by atoms with Crippen molar-refractivity contribution in [2.45, 2.75) is 0 Å². The van der Waals surface area contributed by atoms with E-state index in [1.807, 2.05) is 0 Å². The van der Waals surface area contributed by atoms with Gasteiger partial charge in [0.05, 0.1) is 5.52 Å². The molecule has 0 unspecified atom stereocenters. The molecule has 2 heterocycles. The van der Waals surface area contributed by atoms with Crippen molar-refractivity contribution in [2.75, 3.05) is 0 Å². The van der Waals surface area contributed by atoms with E-state index in [4.69, 9.17) is 34.8 Å². The van der Waals surface area contributed by atoms with Crippen molar-refractivity contribution in [1.82, 2.24) is 15.0 Å². The molecule has 0 radical (unpaired) electrons. The first kappa shape index (κ1) is 13.5. The average molecular weight is 329 g/mol. The summed E-state index contributed by atoms with van der Waals surface area (Å²) in [6, 6.07) is 7.85. The predicted molar refractivity (Wildman–Crippen MR) is 77.8 cm³/mol. The van der Waals surface area contributed by atoms with Crippen molar-refractivity contribution in [1.29, 1.82) is 0 Å². The van der Waals surface area contributed by atoms with Crippen LogP contribution in [0.25, 0.3) is 22.4 Å². The summed E-state index contributed by atoms with van der Waals surface area (Å²) in [7, 11) is 0. The van der Waals surface area contributed by atoms with E-state index in [0.717, 1.165) is 0 Å². The molecule has 0 atom stereocenters. The van der Waals surface area contributed by atoms with Crippen LogP contribution in [0.2, 0.25) is 15.3 Å². The van der Waals surface area contributed by atoms with Gasteiger partial charge < -0.3 is 0 Å². The molecule has 0 spiro atoms. The van der Waals surface area contributed by atoms with E-state index in [1.54, 1.807) is 24.3 Å². The Morgan fingerprint density at radius 2 is 1.55 bits per heavy atom. The Balaban J connectivity index is 2.20. The van der Waals surface area contributed by atoms with Crippen LogP contribution in [0.3, 0.4) is 0 Å². The third-order valence-electron chi connectivity index (χ3n) is 2.68. The van der Waals surface area contributed by atoms with Gasteiger partial charge in [-0.25, -0.2) is 19.3 Å². The normalized spacial score (nSPS) is 11.0. The third kappa shape index (κ3) is 2.30. The van der Waals surface area contributed by atoms with Gasteiger partial charge in [-0.15, -0.1) is 0 Å². The molecule has 0 saturated heterocycles. The molecule has 0 aliphatic carbocycles. The van der Waals surface area contributed by atoms with Gasteiger partial charge in [-0.05, 0) is 24.3 Å². The summed E-state index contributed by atoms with van der Waals surface area (Å²) in [5.74, 6) is -0.106. The average Bonchev–Trinajstić information content (AvgIpc) is 2.44. The van der Waals surface area contributed by atoms with Crippen molar-refractivity contribution in [3.05, 3.63) is 51.5 Å². The quantitative estimate of drug-likeness (QED) is 0.603. The highest BCUT2D eigenvalue weighted by Gasteiger charge is 2.12.